The van der Waals surface area contributed by atoms with Gasteiger partial charge in [0.2, 0.25) is 5.91 Å². The molecule has 5 nitrogen and oxygen atoms in total. The summed E-state index contributed by atoms with van der Waals surface area (Å²) in [5, 5.41) is 9.26. The van der Waals surface area contributed by atoms with Crippen molar-refractivity contribution in [3.8, 4) is 5.75 Å². The molecule has 0 aliphatic carbocycles. The predicted octanol–water partition coefficient (Wildman–Crippen LogP) is 2.51. The Bertz CT molecular complexity index is 661. The highest BCUT2D eigenvalue weighted by Crippen LogP contribution is 2.39. The largest absolute Gasteiger partial charge is 0.496 e. The Hall–Kier alpha value is -1.59. The van der Waals surface area contributed by atoms with E-state index >= 15 is 0 Å². The summed E-state index contributed by atoms with van der Waals surface area (Å²) in [6.45, 7) is 8.52. The number of carbonyl (C=O) groups is 1. The Morgan fingerprint density at radius 2 is 2.04 bits per heavy atom. The van der Waals surface area contributed by atoms with Crippen molar-refractivity contribution in [2.24, 2.45) is 5.41 Å². The van der Waals surface area contributed by atoms with Crippen LogP contribution in [0.4, 0.5) is 0 Å². The first-order chi connectivity index (χ1) is 12.5. The van der Waals surface area contributed by atoms with Crippen molar-refractivity contribution < 1.29 is 14.6 Å². The fraction of sp³-hybridized carbons (Fsp3) is 0.667. The van der Waals surface area contributed by atoms with E-state index in [0.717, 1.165) is 44.8 Å². The third-order valence-corrected chi connectivity index (χ3v) is 5.95. The van der Waals surface area contributed by atoms with E-state index in [4.69, 9.17) is 4.74 Å². The Morgan fingerprint density at radius 3 is 2.77 bits per heavy atom. The number of ether oxygens (including phenoxy) is 1. The highest BCUT2D eigenvalue weighted by Gasteiger charge is 2.41. The first-order valence-electron chi connectivity index (χ1n) is 9.71. The number of aliphatic hydroxyl groups excluding tert-OH is 1. The van der Waals surface area contributed by atoms with Gasteiger partial charge in [0.15, 0.2) is 0 Å². The van der Waals surface area contributed by atoms with Gasteiger partial charge in [-0.25, -0.2) is 0 Å². The maximum Gasteiger partial charge on any atom is 0.222 e. The molecule has 1 unspecified atom stereocenters. The van der Waals surface area contributed by atoms with Crippen LogP contribution in [0.25, 0.3) is 0 Å². The molecule has 1 atom stereocenters. The lowest BCUT2D eigenvalue weighted by atomic mass is 9.73. The summed E-state index contributed by atoms with van der Waals surface area (Å²) in [6.07, 6.45) is 3.91. The second-order valence-corrected chi connectivity index (χ2v) is 8.13. The van der Waals surface area contributed by atoms with Gasteiger partial charge in [-0.2, -0.15) is 0 Å². The standard InChI is InChI=1S/C21H32N2O3/c1-16-11-17(2)20(26-3)18(12-16)13-22-8-4-6-21(14-22)7-5-19(25)23(15-21)9-10-24/h11-12,24H,4-10,13-15H2,1-3H3. The van der Waals surface area contributed by atoms with Gasteiger partial charge in [-0.3, -0.25) is 9.69 Å². The van der Waals surface area contributed by atoms with E-state index in [1.807, 2.05) is 4.90 Å². The van der Waals surface area contributed by atoms with E-state index in [9.17, 15) is 9.90 Å². The maximum atomic E-state index is 12.1. The van der Waals surface area contributed by atoms with Gasteiger partial charge in [0.05, 0.1) is 13.7 Å². The first-order valence-corrected chi connectivity index (χ1v) is 9.71. The van der Waals surface area contributed by atoms with Crippen molar-refractivity contribution in [1.82, 2.24) is 9.80 Å². The van der Waals surface area contributed by atoms with Crippen LogP contribution in [-0.2, 0) is 11.3 Å². The highest BCUT2D eigenvalue weighted by atomic mass is 16.5. The van der Waals surface area contributed by atoms with E-state index < -0.39 is 0 Å². The van der Waals surface area contributed by atoms with Crippen molar-refractivity contribution in [2.45, 2.75) is 46.1 Å². The molecule has 2 heterocycles. The zero-order chi connectivity index (χ0) is 18.7. The van der Waals surface area contributed by atoms with Crippen LogP contribution in [0.2, 0.25) is 0 Å². The van der Waals surface area contributed by atoms with E-state index in [-0.39, 0.29) is 17.9 Å². The molecule has 0 bridgehead atoms. The Balaban J connectivity index is 1.74. The van der Waals surface area contributed by atoms with Gasteiger partial charge < -0.3 is 14.7 Å². The van der Waals surface area contributed by atoms with Crippen LogP contribution >= 0.6 is 0 Å². The summed E-state index contributed by atoms with van der Waals surface area (Å²) in [5.41, 5.74) is 3.88. The second-order valence-electron chi connectivity index (χ2n) is 8.13. The summed E-state index contributed by atoms with van der Waals surface area (Å²) in [6, 6.07) is 4.40. The van der Waals surface area contributed by atoms with Crippen LogP contribution in [0.1, 0.15) is 42.4 Å². The van der Waals surface area contributed by atoms with Crippen LogP contribution < -0.4 is 4.74 Å². The SMILES string of the molecule is COc1c(C)cc(C)cc1CN1CCCC2(CCC(=O)N(CCO)C2)C1. The molecule has 3 rings (SSSR count). The number of methoxy groups -OCH3 is 1. The topological polar surface area (TPSA) is 53.0 Å². The molecular weight excluding hydrogens is 328 g/mol. The molecule has 5 heteroatoms. The Kier molecular flexibility index (Phi) is 5.88. The maximum absolute atomic E-state index is 12.1. The van der Waals surface area contributed by atoms with Crippen LogP contribution in [0.5, 0.6) is 5.75 Å². The summed E-state index contributed by atoms with van der Waals surface area (Å²) in [7, 11) is 1.75. The summed E-state index contributed by atoms with van der Waals surface area (Å²) >= 11 is 0. The normalized spacial score (nSPS) is 24.3. The number of aryl methyl sites for hydroxylation is 2. The van der Waals surface area contributed by atoms with E-state index in [0.29, 0.717) is 13.0 Å². The minimum atomic E-state index is 0.0469. The van der Waals surface area contributed by atoms with E-state index in [1.165, 1.54) is 23.1 Å². The number of likely N-dealkylation sites (tertiary alicyclic amines) is 2. The molecule has 2 aliphatic rings. The third-order valence-electron chi connectivity index (χ3n) is 5.95. The zero-order valence-corrected chi connectivity index (χ0v) is 16.4. The van der Waals surface area contributed by atoms with Crippen LogP contribution in [0.15, 0.2) is 12.1 Å². The summed E-state index contributed by atoms with van der Waals surface area (Å²) < 4.78 is 5.67. The molecule has 1 aromatic rings. The molecule has 1 amide bonds. The zero-order valence-electron chi connectivity index (χ0n) is 16.4. The molecular formula is C21H32N2O3. The highest BCUT2D eigenvalue weighted by molar-refractivity contribution is 5.77. The molecule has 1 aromatic carbocycles. The molecule has 144 valence electrons. The van der Waals surface area contributed by atoms with Gasteiger partial charge in [-0.05, 0) is 45.2 Å². The molecule has 0 aromatic heterocycles. The van der Waals surface area contributed by atoms with Crippen LogP contribution in [-0.4, -0.2) is 60.7 Å². The molecule has 2 fully saturated rings. The minimum absolute atomic E-state index is 0.0469. The fourth-order valence-electron chi connectivity index (χ4n) is 4.90. The lowest BCUT2D eigenvalue weighted by Gasteiger charge is -2.48. The average Bonchev–Trinajstić information content (AvgIpc) is 2.59. The number of rotatable bonds is 5. The van der Waals surface area contributed by atoms with Gasteiger partial charge in [-0.1, -0.05) is 17.7 Å². The summed E-state index contributed by atoms with van der Waals surface area (Å²) in [4.78, 5) is 16.5. The van der Waals surface area contributed by atoms with Gasteiger partial charge in [0.25, 0.3) is 0 Å². The number of piperidine rings is 2. The second kappa shape index (κ2) is 7.97. The molecule has 0 saturated carbocycles. The smallest absolute Gasteiger partial charge is 0.222 e. The monoisotopic (exact) mass is 360 g/mol. The third kappa shape index (κ3) is 4.04. The van der Waals surface area contributed by atoms with Crippen molar-refractivity contribution in [3.63, 3.8) is 0 Å². The van der Waals surface area contributed by atoms with Gasteiger partial charge in [0.1, 0.15) is 5.75 Å². The first kappa shape index (κ1) is 19.2. The van der Waals surface area contributed by atoms with Crippen molar-refractivity contribution >= 4 is 5.91 Å². The molecule has 2 saturated heterocycles. The molecule has 26 heavy (non-hydrogen) atoms. The number of hydrogen-bond donors (Lipinski definition) is 1. The van der Waals surface area contributed by atoms with E-state index in [2.05, 4.69) is 30.9 Å². The quantitative estimate of drug-likeness (QED) is 0.877. The fourth-order valence-corrected chi connectivity index (χ4v) is 4.90. The van der Waals surface area contributed by atoms with Gasteiger partial charge >= 0.3 is 0 Å². The number of hydrogen-bond acceptors (Lipinski definition) is 4. The molecule has 1 spiro atoms. The van der Waals surface area contributed by atoms with Crippen molar-refractivity contribution in [2.75, 3.05) is 39.9 Å². The Labute approximate surface area is 156 Å². The lowest BCUT2D eigenvalue weighted by molar-refractivity contribution is -0.140. The van der Waals surface area contributed by atoms with Crippen LogP contribution in [0.3, 0.4) is 0 Å². The van der Waals surface area contributed by atoms with Gasteiger partial charge in [0, 0.05) is 43.6 Å². The molecule has 1 N–H and O–H groups in total. The number of nitrogens with zero attached hydrogens (tertiary/aromatic N) is 2. The predicted molar refractivity (Wildman–Crippen MR) is 102 cm³/mol. The summed E-state index contributed by atoms with van der Waals surface area (Å²) in [5.74, 6) is 1.19. The van der Waals surface area contributed by atoms with Crippen molar-refractivity contribution in [3.05, 3.63) is 28.8 Å². The number of aliphatic hydroxyl groups is 1. The number of benzene rings is 1. The van der Waals surface area contributed by atoms with E-state index in [1.54, 1.807) is 7.11 Å². The number of β-amino-alcohol motifs (C(OH)–C–C–N with tert-alkyl or cyclic N) is 1. The Morgan fingerprint density at radius 1 is 1.23 bits per heavy atom. The molecule has 0 radical (unpaired) electrons. The number of amides is 1. The van der Waals surface area contributed by atoms with Crippen LogP contribution in [0, 0.1) is 19.3 Å². The average molecular weight is 360 g/mol. The van der Waals surface area contributed by atoms with Gasteiger partial charge in [-0.15, -0.1) is 0 Å². The molecule has 2 aliphatic heterocycles. The number of carbonyl (C=O) groups excluding carboxylic acids is 1. The lowest BCUT2D eigenvalue weighted by Crippen LogP contribution is -2.54. The van der Waals surface area contributed by atoms with Crippen molar-refractivity contribution in [1.29, 1.82) is 0 Å². The minimum Gasteiger partial charge on any atom is -0.496 e.